The normalized spacial score (nSPS) is 16.9. The molecular weight excluding hydrogens is 290 g/mol. The van der Waals surface area contributed by atoms with E-state index in [1.165, 1.54) is 19.3 Å². The molecule has 122 valence electrons. The summed E-state index contributed by atoms with van der Waals surface area (Å²) in [6.45, 7) is 5.04. The van der Waals surface area contributed by atoms with Crippen LogP contribution in [0.5, 0.6) is 0 Å². The third-order valence-corrected chi connectivity index (χ3v) is 4.37. The highest BCUT2D eigenvalue weighted by molar-refractivity contribution is 5.93. The molecule has 3 rings (SSSR count). The van der Waals surface area contributed by atoms with E-state index in [1.54, 1.807) is 6.07 Å². The average Bonchev–Trinajstić information content (AvgIpc) is 3.11. The van der Waals surface area contributed by atoms with Gasteiger partial charge in [-0.2, -0.15) is 0 Å². The standard InChI is InChI=1S/C18H23N3O2/c1-14(21-10-6-3-7-11-21)13-19-18(22)16-12-17(23-20-16)15-8-4-2-5-9-15/h2,4-5,8-9,12,14H,3,6-7,10-11,13H2,1H3,(H,19,22)/t14-/m0/s1. The Morgan fingerprint density at radius 1 is 1.26 bits per heavy atom. The second-order valence-electron chi connectivity index (χ2n) is 6.10. The lowest BCUT2D eigenvalue weighted by Gasteiger charge is -2.32. The third-order valence-electron chi connectivity index (χ3n) is 4.37. The van der Waals surface area contributed by atoms with Gasteiger partial charge in [0.15, 0.2) is 11.5 Å². The number of hydrogen-bond donors (Lipinski definition) is 1. The molecule has 1 amide bonds. The van der Waals surface area contributed by atoms with Crippen LogP contribution in [-0.2, 0) is 0 Å². The van der Waals surface area contributed by atoms with Gasteiger partial charge in [0.2, 0.25) is 0 Å². The lowest BCUT2D eigenvalue weighted by molar-refractivity contribution is 0.0921. The first-order valence-electron chi connectivity index (χ1n) is 8.28. The number of rotatable bonds is 5. The van der Waals surface area contributed by atoms with Crippen molar-refractivity contribution in [2.75, 3.05) is 19.6 Å². The molecule has 5 heteroatoms. The summed E-state index contributed by atoms with van der Waals surface area (Å²) in [6, 6.07) is 11.7. The van der Waals surface area contributed by atoms with Crippen molar-refractivity contribution in [2.45, 2.75) is 32.2 Å². The van der Waals surface area contributed by atoms with Crippen molar-refractivity contribution in [1.82, 2.24) is 15.4 Å². The van der Waals surface area contributed by atoms with Crippen molar-refractivity contribution in [1.29, 1.82) is 0 Å². The molecule has 5 nitrogen and oxygen atoms in total. The summed E-state index contributed by atoms with van der Waals surface area (Å²) in [7, 11) is 0. The van der Waals surface area contributed by atoms with Gasteiger partial charge in [-0.05, 0) is 32.9 Å². The molecule has 23 heavy (non-hydrogen) atoms. The first-order chi connectivity index (χ1) is 11.2. The number of nitrogens with zero attached hydrogens (tertiary/aromatic N) is 2. The Balaban J connectivity index is 1.55. The van der Waals surface area contributed by atoms with Crippen LogP contribution in [0.2, 0.25) is 0 Å². The Morgan fingerprint density at radius 2 is 2.00 bits per heavy atom. The number of amides is 1. The number of carbonyl (C=O) groups is 1. The molecule has 1 saturated heterocycles. The molecule has 0 saturated carbocycles. The summed E-state index contributed by atoms with van der Waals surface area (Å²) in [6.07, 6.45) is 3.82. The number of carbonyl (C=O) groups excluding carboxylic acids is 1. The van der Waals surface area contributed by atoms with Crippen molar-refractivity contribution in [3.63, 3.8) is 0 Å². The van der Waals surface area contributed by atoms with Gasteiger partial charge in [0.1, 0.15) is 0 Å². The Bertz CT molecular complexity index is 633. The molecule has 0 aliphatic carbocycles. The molecule has 0 radical (unpaired) electrons. The fraction of sp³-hybridized carbons (Fsp3) is 0.444. The maximum Gasteiger partial charge on any atom is 0.273 e. The largest absolute Gasteiger partial charge is 0.355 e. The first kappa shape index (κ1) is 15.7. The van der Waals surface area contributed by atoms with Crippen LogP contribution in [0.25, 0.3) is 11.3 Å². The number of aromatic nitrogens is 1. The molecule has 1 aromatic carbocycles. The van der Waals surface area contributed by atoms with Crippen LogP contribution >= 0.6 is 0 Å². The summed E-state index contributed by atoms with van der Waals surface area (Å²) in [5.74, 6) is 0.430. The van der Waals surface area contributed by atoms with Crippen molar-refractivity contribution in [3.8, 4) is 11.3 Å². The summed E-state index contributed by atoms with van der Waals surface area (Å²) < 4.78 is 5.27. The first-order valence-corrected chi connectivity index (χ1v) is 8.28. The van der Waals surface area contributed by atoms with Gasteiger partial charge < -0.3 is 9.84 Å². The van der Waals surface area contributed by atoms with Crippen LogP contribution in [0, 0.1) is 0 Å². The van der Waals surface area contributed by atoms with Crippen LogP contribution in [0.1, 0.15) is 36.7 Å². The van der Waals surface area contributed by atoms with E-state index in [2.05, 4.69) is 22.3 Å². The average molecular weight is 313 g/mol. The van der Waals surface area contributed by atoms with Gasteiger partial charge in [0, 0.05) is 24.2 Å². The highest BCUT2D eigenvalue weighted by Crippen LogP contribution is 2.19. The van der Waals surface area contributed by atoms with Crippen LogP contribution in [0.3, 0.4) is 0 Å². The molecule has 2 aromatic rings. The predicted molar refractivity (Wildman–Crippen MR) is 89.2 cm³/mol. The van der Waals surface area contributed by atoms with E-state index in [-0.39, 0.29) is 5.91 Å². The smallest absolute Gasteiger partial charge is 0.273 e. The molecular formula is C18H23N3O2. The molecule has 2 heterocycles. The van der Waals surface area contributed by atoms with E-state index in [1.807, 2.05) is 30.3 Å². The molecule has 1 aliphatic rings. The number of piperidine rings is 1. The lowest BCUT2D eigenvalue weighted by atomic mass is 10.1. The van der Waals surface area contributed by atoms with Crippen molar-refractivity contribution < 1.29 is 9.32 Å². The Hall–Kier alpha value is -2.14. The highest BCUT2D eigenvalue weighted by Gasteiger charge is 2.19. The molecule has 0 spiro atoms. The van der Waals surface area contributed by atoms with Crippen molar-refractivity contribution >= 4 is 5.91 Å². The zero-order valence-electron chi connectivity index (χ0n) is 13.5. The fourth-order valence-corrected chi connectivity index (χ4v) is 2.94. The van der Waals surface area contributed by atoms with Crippen LogP contribution < -0.4 is 5.32 Å². The third kappa shape index (κ3) is 3.99. The monoisotopic (exact) mass is 313 g/mol. The molecule has 0 unspecified atom stereocenters. The van der Waals surface area contributed by atoms with Gasteiger partial charge in [-0.1, -0.05) is 41.9 Å². The molecule has 1 atom stereocenters. The van der Waals surface area contributed by atoms with Gasteiger partial charge in [0.25, 0.3) is 5.91 Å². The number of hydrogen-bond acceptors (Lipinski definition) is 4. The Labute approximate surface area is 136 Å². The van der Waals surface area contributed by atoms with Gasteiger partial charge >= 0.3 is 0 Å². The van der Waals surface area contributed by atoms with Crippen LogP contribution in [-0.4, -0.2) is 41.6 Å². The summed E-state index contributed by atoms with van der Waals surface area (Å²) in [4.78, 5) is 14.7. The minimum atomic E-state index is -0.181. The summed E-state index contributed by atoms with van der Waals surface area (Å²) >= 11 is 0. The molecule has 0 bridgehead atoms. The quantitative estimate of drug-likeness (QED) is 0.922. The second-order valence-corrected chi connectivity index (χ2v) is 6.10. The van der Waals surface area contributed by atoms with Crippen LogP contribution in [0.4, 0.5) is 0 Å². The molecule has 1 fully saturated rings. The van der Waals surface area contributed by atoms with Crippen molar-refractivity contribution in [2.24, 2.45) is 0 Å². The lowest BCUT2D eigenvalue weighted by Crippen LogP contribution is -2.44. The van der Waals surface area contributed by atoms with Gasteiger partial charge in [-0.15, -0.1) is 0 Å². The number of nitrogens with one attached hydrogen (secondary N) is 1. The second kappa shape index (κ2) is 7.42. The predicted octanol–water partition coefficient (Wildman–Crippen LogP) is 2.95. The van der Waals surface area contributed by atoms with Gasteiger partial charge in [-0.25, -0.2) is 0 Å². The van der Waals surface area contributed by atoms with E-state index in [4.69, 9.17) is 4.52 Å². The van der Waals surface area contributed by atoms with E-state index in [0.29, 0.717) is 24.0 Å². The Kier molecular flexibility index (Phi) is 5.08. The fourth-order valence-electron chi connectivity index (χ4n) is 2.94. The zero-order valence-corrected chi connectivity index (χ0v) is 13.5. The maximum atomic E-state index is 12.2. The van der Waals surface area contributed by atoms with Crippen molar-refractivity contribution in [3.05, 3.63) is 42.1 Å². The Morgan fingerprint density at radius 3 is 2.74 bits per heavy atom. The van der Waals surface area contributed by atoms with Crippen LogP contribution in [0.15, 0.2) is 40.9 Å². The zero-order chi connectivity index (χ0) is 16.1. The minimum Gasteiger partial charge on any atom is -0.355 e. The van der Waals surface area contributed by atoms with Gasteiger partial charge in [0.05, 0.1) is 0 Å². The summed E-state index contributed by atoms with van der Waals surface area (Å²) in [5, 5.41) is 6.84. The number of benzene rings is 1. The van der Waals surface area contributed by atoms with E-state index >= 15 is 0 Å². The minimum absolute atomic E-state index is 0.181. The molecule has 1 aromatic heterocycles. The highest BCUT2D eigenvalue weighted by atomic mass is 16.5. The van der Waals surface area contributed by atoms with E-state index < -0.39 is 0 Å². The van der Waals surface area contributed by atoms with E-state index in [9.17, 15) is 4.79 Å². The molecule has 1 aliphatic heterocycles. The number of likely N-dealkylation sites (tertiary alicyclic amines) is 1. The SMILES string of the molecule is C[C@@H](CNC(=O)c1cc(-c2ccccc2)on1)N1CCCCC1. The topological polar surface area (TPSA) is 58.4 Å². The summed E-state index contributed by atoms with van der Waals surface area (Å²) in [5.41, 5.74) is 1.25. The van der Waals surface area contributed by atoms with E-state index in [0.717, 1.165) is 18.7 Å². The molecule has 1 N–H and O–H groups in total. The maximum absolute atomic E-state index is 12.2. The van der Waals surface area contributed by atoms with Gasteiger partial charge in [-0.3, -0.25) is 9.69 Å².